The Hall–Kier alpha value is -2.96. The minimum atomic E-state index is -0.532. The second kappa shape index (κ2) is 9.49. The Morgan fingerprint density at radius 3 is 2.27 bits per heavy atom. The van der Waals surface area contributed by atoms with Crippen molar-refractivity contribution in [3.8, 4) is 0 Å². The molecule has 0 aliphatic heterocycles. The molecule has 33 heavy (non-hydrogen) atoms. The molecule has 0 radical (unpaired) electrons. The van der Waals surface area contributed by atoms with E-state index in [1.165, 1.54) is 23.1 Å². The number of hydrogen-bond donors (Lipinski definition) is 0. The summed E-state index contributed by atoms with van der Waals surface area (Å²) in [5.41, 5.74) is 4.62. The van der Waals surface area contributed by atoms with Gasteiger partial charge in [-0.2, -0.15) is 0 Å². The lowest BCUT2D eigenvalue weighted by Crippen LogP contribution is -2.23. The number of thiophene rings is 1. The number of aromatic nitrogens is 2. The van der Waals surface area contributed by atoms with E-state index in [2.05, 4.69) is 6.58 Å². The lowest BCUT2D eigenvalue weighted by molar-refractivity contribution is 0.0989. The molecular weight excluding hydrogens is 448 g/mol. The molecule has 4 rings (SSSR count). The third-order valence-electron chi connectivity index (χ3n) is 5.74. The van der Waals surface area contributed by atoms with Crippen molar-refractivity contribution in [2.45, 2.75) is 44.6 Å². The van der Waals surface area contributed by atoms with Crippen molar-refractivity contribution >= 4 is 39.1 Å². The maximum absolute atomic E-state index is 13.7. The van der Waals surface area contributed by atoms with E-state index >= 15 is 0 Å². The molecule has 2 heterocycles. The lowest BCUT2D eigenvalue weighted by Gasteiger charge is -2.18. The Labute approximate surface area is 202 Å². The van der Waals surface area contributed by atoms with E-state index in [9.17, 15) is 9.59 Å². The number of allylic oxidation sites excluding steroid dienone is 1. The van der Waals surface area contributed by atoms with Crippen LogP contribution in [0, 0.1) is 27.7 Å². The zero-order valence-corrected chi connectivity index (χ0v) is 20.8. The summed E-state index contributed by atoms with van der Waals surface area (Å²) in [7, 11) is 0. The van der Waals surface area contributed by atoms with Gasteiger partial charge in [-0.1, -0.05) is 77.5 Å². The van der Waals surface area contributed by atoms with Crippen molar-refractivity contribution in [2.75, 3.05) is 0 Å². The highest BCUT2D eigenvalue weighted by molar-refractivity contribution is 8.00. The Balaban J connectivity index is 1.86. The zero-order valence-electron chi connectivity index (χ0n) is 19.2. The van der Waals surface area contributed by atoms with E-state index < -0.39 is 5.25 Å². The van der Waals surface area contributed by atoms with Crippen LogP contribution in [-0.4, -0.2) is 15.3 Å². The van der Waals surface area contributed by atoms with Gasteiger partial charge in [0.15, 0.2) is 10.9 Å². The van der Waals surface area contributed by atoms with Crippen LogP contribution in [0.3, 0.4) is 0 Å². The molecule has 6 heteroatoms. The Morgan fingerprint density at radius 1 is 1.06 bits per heavy atom. The second-order valence-electron chi connectivity index (χ2n) is 8.20. The van der Waals surface area contributed by atoms with Crippen LogP contribution in [0.5, 0.6) is 0 Å². The maximum Gasteiger partial charge on any atom is 0.263 e. The van der Waals surface area contributed by atoms with Crippen molar-refractivity contribution in [3.63, 3.8) is 0 Å². The van der Waals surface area contributed by atoms with Gasteiger partial charge >= 0.3 is 0 Å². The summed E-state index contributed by atoms with van der Waals surface area (Å²) >= 11 is 2.84. The van der Waals surface area contributed by atoms with Crippen LogP contribution < -0.4 is 5.56 Å². The van der Waals surface area contributed by atoms with E-state index in [0.717, 1.165) is 27.1 Å². The Kier molecular flexibility index (Phi) is 6.68. The number of ketones is 1. The van der Waals surface area contributed by atoms with Crippen molar-refractivity contribution < 1.29 is 4.79 Å². The van der Waals surface area contributed by atoms with Gasteiger partial charge in [0.25, 0.3) is 5.56 Å². The highest BCUT2D eigenvalue weighted by Gasteiger charge is 2.27. The molecule has 4 nitrogen and oxygen atoms in total. The average Bonchev–Trinajstić information content (AvgIpc) is 3.08. The van der Waals surface area contributed by atoms with Crippen molar-refractivity contribution in [2.24, 2.45) is 0 Å². The van der Waals surface area contributed by atoms with Crippen molar-refractivity contribution in [1.82, 2.24) is 9.55 Å². The van der Waals surface area contributed by atoms with Gasteiger partial charge in [0.1, 0.15) is 10.1 Å². The topological polar surface area (TPSA) is 52.0 Å². The van der Waals surface area contributed by atoms with Gasteiger partial charge < -0.3 is 0 Å². The number of carbonyl (C=O) groups excluding carboxylic acids is 1. The number of aryl methyl sites for hydroxylation is 4. The highest BCUT2D eigenvalue weighted by Crippen LogP contribution is 2.38. The van der Waals surface area contributed by atoms with Crippen LogP contribution in [0.15, 0.2) is 71.1 Å². The van der Waals surface area contributed by atoms with Crippen LogP contribution in [0.25, 0.3) is 10.2 Å². The average molecular weight is 475 g/mol. The molecule has 168 valence electrons. The summed E-state index contributed by atoms with van der Waals surface area (Å²) in [6, 6.07) is 15.6. The number of fused-ring (bicyclic) bond motifs is 1. The van der Waals surface area contributed by atoms with E-state index in [1.54, 1.807) is 10.6 Å². The van der Waals surface area contributed by atoms with Gasteiger partial charge in [0, 0.05) is 17.0 Å². The molecule has 2 aromatic carbocycles. The van der Waals surface area contributed by atoms with Gasteiger partial charge in [-0.15, -0.1) is 17.9 Å². The highest BCUT2D eigenvalue weighted by atomic mass is 32.2. The molecule has 1 unspecified atom stereocenters. The second-order valence-corrected chi connectivity index (χ2v) is 10.5. The van der Waals surface area contributed by atoms with Gasteiger partial charge in [-0.05, 0) is 38.8 Å². The third-order valence-corrected chi connectivity index (χ3v) is 8.09. The smallest absolute Gasteiger partial charge is 0.263 e. The summed E-state index contributed by atoms with van der Waals surface area (Å²) < 4.78 is 1.63. The number of hydrogen-bond acceptors (Lipinski definition) is 5. The number of Topliss-reactive ketones (excluding diaryl/α,β-unsaturated/α-hetero) is 1. The van der Waals surface area contributed by atoms with Crippen LogP contribution in [0.4, 0.5) is 0 Å². The largest absolute Gasteiger partial charge is 0.293 e. The first-order valence-electron chi connectivity index (χ1n) is 10.8. The van der Waals surface area contributed by atoms with Crippen LogP contribution in [0.1, 0.15) is 42.7 Å². The first-order valence-corrected chi connectivity index (χ1v) is 12.4. The lowest BCUT2D eigenvalue weighted by atomic mass is 10.0. The maximum atomic E-state index is 13.7. The monoisotopic (exact) mass is 474 g/mol. The molecule has 0 aliphatic carbocycles. The summed E-state index contributed by atoms with van der Waals surface area (Å²) in [4.78, 5) is 33.7. The summed E-state index contributed by atoms with van der Waals surface area (Å²) in [6.07, 6.45) is 1.69. The van der Waals surface area contributed by atoms with E-state index in [-0.39, 0.29) is 11.3 Å². The molecule has 0 aliphatic rings. The molecule has 0 spiro atoms. The van der Waals surface area contributed by atoms with Gasteiger partial charge in [-0.3, -0.25) is 14.2 Å². The van der Waals surface area contributed by atoms with Crippen LogP contribution >= 0.6 is 23.1 Å². The Bertz CT molecular complexity index is 1400. The predicted octanol–water partition coefficient (Wildman–Crippen LogP) is 6.59. The van der Waals surface area contributed by atoms with Crippen LogP contribution in [0.2, 0.25) is 0 Å². The third kappa shape index (κ3) is 4.59. The van der Waals surface area contributed by atoms with E-state index in [4.69, 9.17) is 4.98 Å². The predicted molar refractivity (Wildman–Crippen MR) is 139 cm³/mol. The SMILES string of the molecule is C=CCn1c(SC(C(=O)c2ccc(C)cc2)c2ccc(C)cc2)nc2sc(C)c(C)c2c1=O. The van der Waals surface area contributed by atoms with E-state index in [1.807, 2.05) is 76.2 Å². The van der Waals surface area contributed by atoms with Gasteiger partial charge in [-0.25, -0.2) is 4.98 Å². The molecule has 0 saturated heterocycles. The number of thioether (sulfide) groups is 1. The first kappa shape index (κ1) is 23.2. The number of benzene rings is 2. The van der Waals surface area contributed by atoms with Gasteiger partial charge in [0.05, 0.1) is 5.39 Å². The Morgan fingerprint density at radius 2 is 1.67 bits per heavy atom. The quantitative estimate of drug-likeness (QED) is 0.131. The molecule has 1 atom stereocenters. The fraction of sp³-hybridized carbons (Fsp3) is 0.222. The van der Waals surface area contributed by atoms with Crippen molar-refractivity contribution in [3.05, 3.63) is 104 Å². The molecule has 0 amide bonds. The first-order chi connectivity index (χ1) is 15.8. The molecule has 2 aromatic heterocycles. The molecule has 4 aromatic rings. The van der Waals surface area contributed by atoms with E-state index in [0.29, 0.717) is 27.5 Å². The molecule has 0 fully saturated rings. The van der Waals surface area contributed by atoms with Crippen LogP contribution in [-0.2, 0) is 6.54 Å². The number of rotatable bonds is 7. The summed E-state index contributed by atoms with van der Waals surface area (Å²) in [5.74, 6) is -0.0121. The van der Waals surface area contributed by atoms with Crippen molar-refractivity contribution in [1.29, 1.82) is 0 Å². The summed E-state index contributed by atoms with van der Waals surface area (Å²) in [5, 5.41) is 0.649. The van der Waals surface area contributed by atoms with Gasteiger partial charge in [0.2, 0.25) is 0 Å². The molecule has 0 bridgehead atoms. The molecule has 0 saturated carbocycles. The minimum absolute atomic E-state index is 0.0121. The minimum Gasteiger partial charge on any atom is -0.293 e. The standard InChI is InChI=1S/C27H26N2O2S2/c1-6-15-29-26(31)22-18(4)19(5)32-25(22)28-27(29)33-24(21-13-9-17(3)10-14-21)23(30)20-11-7-16(2)8-12-20/h6-14,24H,1,15H2,2-5H3. The normalized spacial score (nSPS) is 12.1. The number of carbonyl (C=O) groups is 1. The fourth-order valence-corrected chi connectivity index (χ4v) is 5.93. The molecule has 0 N–H and O–H groups in total. The number of nitrogens with zero attached hydrogens (tertiary/aromatic N) is 2. The summed E-state index contributed by atoms with van der Waals surface area (Å²) in [6.45, 7) is 12.1. The fourth-order valence-electron chi connectivity index (χ4n) is 3.68. The molecular formula is C27H26N2O2S2. The zero-order chi connectivity index (χ0) is 23.7.